The lowest BCUT2D eigenvalue weighted by Crippen LogP contribution is -2.38. The van der Waals surface area contributed by atoms with E-state index in [9.17, 15) is 9.59 Å². The molecule has 23 heavy (non-hydrogen) atoms. The maximum absolute atomic E-state index is 12.8. The van der Waals surface area contributed by atoms with Gasteiger partial charge in [-0.3, -0.25) is 9.59 Å². The molecular formula is C19H15NO3. The number of hydrogen-bond acceptors (Lipinski definition) is 3. The quantitative estimate of drug-likeness (QED) is 0.761. The Hall–Kier alpha value is -2.88. The van der Waals surface area contributed by atoms with Crippen LogP contribution in [0.1, 0.15) is 17.5 Å². The first-order valence-electron chi connectivity index (χ1n) is 7.48. The number of fused-ring (bicyclic) bond motifs is 2. The highest BCUT2D eigenvalue weighted by molar-refractivity contribution is 6.13. The molecule has 2 aromatic rings. The molecular weight excluding hydrogens is 290 g/mol. The number of anilines is 1. The van der Waals surface area contributed by atoms with Gasteiger partial charge in [-0.1, -0.05) is 48.5 Å². The lowest BCUT2D eigenvalue weighted by molar-refractivity contribution is -0.135. The third-order valence-corrected chi connectivity index (χ3v) is 4.42. The second-order valence-corrected chi connectivity index (χ2v) is 5.83. The standard InChI is InChI=1S/C19H15NO3/c1-20-15-10-6-5-9-14(15)19(18(20)22)12-16(21)17(23-19)11-13-7-3-2-4-8-13/h2-11H,12H2,1H3/b17-11-/t19-/m1/s1. The van der Waals surface area contributed by atoms with Crippen molar-refractivity contribution >= 4 is 23.5 Å². The van der Waals surface area contributed by atoms with Gasteiger partial charge in [-0.15, -0.1) is 0 Å². The number of benzene rings is 2. The Kier molecular flexibility index (Phi) is 2.88. The topological polar surface area (TPSA) is 46.6 Å². The van der Waals surface area contributed by atoms with E-state index in [1.807, 2.05) is 54.6 Å². The minimum Gasteiger partial charge on any atom is -0.468 e. The molecule has 2 aliphatic rings. The van der Waals surface area contributed by atoms with Crippen LogP contribution in [0.4, 0.5) is 5.69 Å². The lowest BCUT2D eigenvalue weighted by atomic mass is 9.92. The Labute approximate surface area is 134 Å². The number of likely N-dealkylation sites (N-methyl/N-ethyl adjacent to an activating group) is 1. The van der Waals surface area contributed by atoms with Crippen molar-refractivity contribution in [1.82, 2.24) is 0 Å². The monoisotopic (exact) mass is 305 g/mol. The Balaban J connectivity index is 1.79. The van der Waals surface area contributed by atoms with Crippen LogP contribution in [0.2, 0.25) is 0 Å². The predicted octanol–water partition coefficient (Wildman–Crippen LogP) is 2.89. The molecule has 0 aliphatic carbocycles. The lowest BCUT2D eigenvalue weighted by Gasteiger charge is -2.21. The number of ketones is 1. The van der Waals surface area contributed by atoms with Crippen molar-refractivity contribution in [3.8, 4) is 0 Å². The Morgan fingerprint density at radius 2 is 1.74 bits per heavy atom. The summed E-state index contributed by atoms with van der Waals surface area (Å²) in [5.74, 6) is -0.0922. The second-order valence-electron chi connectivity index (χ2n) is 5.83. The van der Waals surface area contributed by atoms with Crippen LogP contribution in [0.15, 0.2) is 60.4 Å². The van der Waals surface area contributed by atoms with Gasteiger partial charge in [0.15, 0.2) is 5.76 Å². The van der Waals surface area contributed by atoms with Gasteiger partial charge in [0, 0.05) is 12.6 Å². The van der Waals surface area contributed by atoms with E-state index in [4.69, 9.17) is 4.74 Å². The SMILES string of the molecule is CN1C(=O)[C@@]2(CC(=O)/C(=C/c3ccccc3)O2)c2ccccc21. The van der Waals surface area contributed by atoms with Gasteiger partial charge in [0.1, 0.15) is 0 Å². The van der Waals surface area contributed by atoms with Crippen LogP contribution in [0.3, 0.4) is 0 Å². The summed E-state index contributed by atoms with van der Waals surface area (Å²) in [6.07, 6.45) is 1.75. The summed E-state index contributed by atoms with van der Waals surface area (Å²) in [5, 5.41) is 0. The van der Waals surface area contributed by atoms with Crippen molar-refractivity contribution in [2.75, 3.05) is 11.9 Å². The summed E-state index contributed by atoms with van der Waals surface area (Å²) in [5.41, 5.74) is 1.23. The molecule has 0 aromatic heterocycles. The minimum absolute atomic E-state index is 0.0475. The van der Waals surface area contributed by atoms with Crippen LogP contribution in [-0.4, -0.2) is 18.7 Å². The fourth-order valence-electron chi connectivity index (χ4n) is 3.28. The summed E-state index contributed by atoms with van der Waals surface area (Å²) in [4.78, 5) is 26.8. The molecule has 114 valence electrons. The number of hydrogen-bond donors (Lipinski definition) is 0. The largest absolute Gasteiger partial charge is 0.468 e. The molecule has 1 saturated heterocycles. The van der Waals surface area contributed by atoms with E-state index in [-0.39, 0.29) is 23.9 Å². The highest BCUT2D eigenvalue weighted by Gasteiger charge is 2.57. The molecule has 2 aromatic carbocycles. The number of carbonyl (C=O) groups is 2. The zero-order valence-corrected chi connectivity index (χ0v) is 12.7. The van der Waals surface area contributed by atoms with E-state index >= 15 is 0 Å². The number of rotatable bonds is 1. The van der Waals surface area contributed by atoms with Crippen molar-refractivity contribution in [1.29, 1.82) is 0 Å². The molecule has 2 heterocycles. The van der Waals surface area contributed by atoms with E-state index in [1.54, 1.807) is 18.0 Å². The molecule has 4 rings (SSSR count). The van der Waals surface area contributed by atoms with Gasteiger partial charge in [0.25, 0.3) is 5.91 Å². The first-order valence-corrected chi connectivity index (χ1v) is 7.48. The van der Waals surface area contributed by atoms with Crippen molar-refractivity contribution < 1.29 is 14.3 Å². The Morgan fingerprint density at radius 3 is 2.52 bits per heavy atom. The molecule has 1 amide bonds. The molecule has 1 atom stereocenters. The Bertz CT molecular complexity index is 841. The number of amides is 1. The van der Waals surface area contributed by atoms with Gasteiger partial charge < -0.3 is 9.64 Å². The number of carbonyl (C=O) groups excluding carboxylic acids is 2. The van der Waals surface area contributed by atoms with Gasteiger partial charge >= 0.3 is 0 Å². The van der Waals surface area contributed by atoms with E-state index in [2.05, 4.69) is 0 Å². The van der Waals surface area contributed by atoms with E-state index in [0.29, 0.717) is 0 Å². The molecule has 0 bridgehead atoms. The van der Waals surface area contributed by atoms with Crippen LogP contribution < -0.4 is 4.90 Å². The van der Waals surface area contributed by atoms with Crippen molar-refractivity contribution in [2.24, 2.45) is 0 Å². The van der Waals surface area contributed by atoms with Crippen molar-refractivity contribution in [3.63, 3.8) is 0 Å². The van der Waals surface area contributed by atoms with Gasteiger partial charge in [-0.25, -0.2) is 0 Å². The summed E-state index contributed by atoms with van der Waals surface area (Å²) in [6.45, 7) is 0. The van der Waals surface area contributed by atoms with Crippen LogP contribution >= 0.6 is 0 Å². The summed E-state index contributed by atoms with van der Waals surface area (Å²) in [6, 6.07) is 16.9. The molecule has 1 fully saturated rings. The summed E-state index contributed by atoms with van der Waals surface area (Å²) < 4.78 is 5.96. The van der Waals surface area contributed by atoms with Gasteiger partial charge in [-0.2, -0.15) is 0 Å². The average molecular weight is 305 g/mol. The number of Topliss-reactive ketones (excluding diaryl/α,β-unsaturated/α-hetero) is 1. The average Bonchev–Trinajstić information content (AvgIpc) is 3.01. The number of para-hydroxylation sites is 1. The highest BCUT2D eigenvalue weighted by atomic mass is 16.5. The van der Waals surface area contributed by atoms with E-state index < -0.39 is 5.60 Å². The Morgan fingerprint density at radius 1 is 1.04 bits per heavy atom. The zero-order chi connectivity index (χ0) is 16.0. The van der Waals surface area contributed by atoms with Gasteiger partial charge in [-0.05, 0) is 17.7 Å². The third-order valence-electron chi connectivity index (χ3n) is 4.42. The first kappa shape index (κ1) is 13.8. The van der Waals surface area contributed by atoms with E-state index in [0.717, 1.165) is 16.8 Å². The van der Waals surface area contributed by atoms with Crippen LogP contribution in [0, 0.1) is 0 Å². The minimum atomic E-state index is -1.21. The van der Waals surface area contributed by atoms with Crippen LogP contribution in [-0.2, 0) is 19.9 Å². The predicted molar refractivity (Wildman–Crippen MR) is 86.7 cm³/mol. The molecule has 2 aliphatic heterocycles. The number of allylic oxidation sites excluding steroid dienone is 1. The second kappa shape index (κ2) is 4.81. The maximum atomic E-state index is 12.8. The van der Waals surface area contributed by atoms with Crippen molar-refractivity contribution in [3.05, 3.63) is 71.5 Å². The number of nitrogens with zero attached hydrogens (tertiary/aromatic N) is 1. The first-order chi connectivity index (χ1) is 11.1. The molecule has 4 heteroatoms. The number of ether oxygens (including phenoxy) is 1. The van der Waals surface area contributed by atoms with Gasteiger partial charge in [0.2, 0.25) is 11.4 Å². The third kappa shape index (κ3) is 1.91. The molecule has 0 radical (unpaired) electrons. The normalized spacial score (nSPS) is 24.4. The summed E-state index contributed by atoms with van der Waals surface area (Å²) in [7, 11) is 1.71. The van der Waals surface area contributed by atoms with Crippen LogP contribution in [0.25, 0.3) is 6.08 Å². The van der Waals surface area contributed by atoms with E-state index in [1.165, 1.54) is 0 Å². The molecule has 1 spiro atoms. The van der Waals surface area contributed by atoms with Gasteiger partial charge in [0.05, 0.1) is 12.1 Å². The fraction of sp³-hybridized carbons (Fsp3) is 0.158. The molecule has 0 saturated carbocycles. The molecule has 0 unspecified atom stereocenters. The van der Waals surface area contributed by atoms with Crippen molar-refractivity contribution in [2.45, 2.75) is 12.0 Å². The maximum Gasteiger partial charge on any atom is 0.276 e. The summed E-state index contributed by atoms with van der Waals surface area (Å²) >= 11 is 0. The van der Waals surface area contributed by atoms with Crippen LogP contribution in [0.5, 0.6) is 0 Å². The molecule has 4 nitrogen and oxygen atoms in total. The molecule has 0 N–H and O–H groups in total. The zero-order valence-electron chi connectivity index (χ0n) is 12.7. The fourth-order valence-corrected chi connectivity index (χ4v) is 3.28. The smallest absolute Gasteiger partial charge is 0.276 e. The highest BCUT2D eigenvalue weighted by Crippen LogP contribution is 2.49.